The summed E-state index contributed by atoms with van der Waals surface area (Å²) < 4.78 is 11.2. The maximum atomic E-state index is 5.88. The van der Waals surface area contributed by atoms with E-state index in [0.717, 1.165) is 29.6 Å². The lowest BCUT2D eigenvalue weighted by atomic mass is 10.2. The van der Waals surface area contributed by atoms with Crippen LogP contribution in [-0.4, -0.2) is 38.7 Å². The highest BCUT2D eigenvalue weighted by molar-refractivity contribution is 14.0. The van der Waals surface area contributed by atoms with E-state index in [1.54, 1.807) is 25.9 Å². The molecule has 0 aliphatic rings. The second-order valence-corrected chi connectivity index (χ2v) is 6.23. The lowest BCUT2D eigenvalue weighted by molar-refractivity contribution is 0.379. The van der Waals surface area contributed by atoms with Crippen molar-refractivity contribution in [2.45, 2.75) is 6.54 Å². The van der Waals surface area contributed by atoms with Gasteiger partial charge < -0.3 is 20.1 Å². The number of guanidine groups is 1. The fourth-order valence-corrected chi connectivity index (χ4v) is 2.49. The summed E-state index contributed by atoms with van der Waals surface area (Å²) in [5.41, 5.74) is 1.15. The van der Waals surface area contributed by atoms with Gasteiger partial charge in [-0.25, -0.2) is 0 Å². The van der Waals surface area contributed by atoms with Gasteiger partial charge in [0.05, 0.1) is 7.11 Å². The number of halogens is 1. The van der Waals surface area contributed by atoms with Gasteiger partial charge in [-0.2, -0.15) is 11.8 Å². The zero-order chi connectivity index (χ0) is 17.9. The van der Waals surface area contributed by atoms with Crippen molar-refractivity contribution in [3.63, 3.8) is 0 Å². The van der Waals surface area contributed by atoms with Gasteiger partial charge in [0.1, 0.15) is 5.75 Å². The number of methoxy groups -OCH3 is 1. The lowest BCUT2D eigenvalue weighted by Crippen LogP contribution is -2.37. The third kappa shape index (κ3) is 7.33. The Balaban J connectivity index is 0.00000338. The Morgan fingerprint density at radius 3 is 2.35 bits per heavy atom. The maximum Gasteiger partial charge on any atom is 0.191 e. The predicted molar refractivity (Wildman–Crippen MR) is 122 cm³/mol. The molecule has 2 rings (SSSR count). The second-order valence-electron chi connectivity index (χ2n) is 5.24. The highest BCUT2D eigenvalue weighted by atomic mass is 127. The number of ether oxygens (including phenoxy) is 2. The summed E-state index contributed by atoms with van der Waals surface area (Å²) in [4.78, 5) is 4.21. The molecule has 0 bridgehead atoms. The normalized spacial score (nSPS) is 10.7. The molecule has 2 N–H and O–H groups in total. The first kappa shape index (κ1) is 22.4. The SMILES string of the molecule is CN=C(NCCSC)NCc1ccc(Oc2ccccc2OC)cc1.I. The highest BCUT2D eigenvalue weighted by Gasteiger charge is 2.04. The molecule has 26 heavy (non-hydrogen) atoms. The van der Waals surface area contributed by atoms with Crippen molar-refractivity contribution in [3.8, 4) is 17.2 Å². The average Bonchev–Trinajstić information content (AvgIpc) is 2.66. The van der Waals surface area contributed by atoms with Crippen molar-refractivity contribution >= 4 is 41.7 Å². The zero-order valence-corrected chi connectivity index (χ0v) is 18.5. The van der Waals surface area contributed by atoms with E-state index in [2.05, 4.69) is 21.9 Å². The minimum Gasteiger partial charge on any atom is -0.493 e. The molecular weight excluding hydrogens is 461 g/mol. The number of hydrogen-bond acceptors (Lipinski definition) is 4. The topological polar surface area (TPSA) is 54.9 Å². The molecule has 0 amide bonds. The Morgan fingerprint density at radius 2 is 1.73 bits per heavy atom. The first-order valence-electron chi connectivity index (χ1n) is 8.10. The van der Waals surface area contributed by atoms with Gasteiger partial charge in [-0.3, -0.25) is 4.99 Å². The van der Waals surface area contributed by atoms with Crippen molar-refractivity contribution < 1.29 is 9.47 Å². The number of rotatable bonds is 8. The smallest absolute Gasteiger partial charge is 0.191 e. The molecule has 0 unspecified atom stereocenters. The van der Waals surface area contributed by atoms with Crippen LogP contribution in [0, 0.1) is 0 Å². The van der Waals surface area contributed by atoms with Crippen LogP contribution in [0.4, 0.5) is 0 Å². The van der Waals surface area contributed by atoms with Crippen LogP contribution in [0.1, 0.15) is 5.56 Å². The number of para-hydroxylation sites is 2. The summed E-state index contributed by atoms with van der Waals surface area (Å²) in [6, 6.07) is 15.6. The summed E-state index contributed by atoms with van der Waals surface area (Å²) in [6.45, 7) is 1.60. The second kappa shape index (κ2) is 12.7. The molecule has 0 fully saturated rings. The third-order valence-corrected chi connectivity index (χ3v) is 4.11. The number of hydrogen-bond donors (Lipinski definition) is 2. The van der Waals surface area contributed by atoms with Crippen LogP contribution < -0.4 is 20.1 Å². The number of nitrogens with one attached hydrogen (secondary N) is 2. The molecular formula is C19H26IN3O2S. The van der Waals surface area contributed by atoms with Crippen molar-refractivity contribution in [1.29, 1.82) is 0 Å². The fraction of sp³-hybridized carbons (Fsp3) is 0.316. The van der Waals surface area contributed by atoms with Crippen molar-refractivity contribution in [1.82, 2.24) is 10.6 Å². The van der Waals surface area contributed by atoms with Crippen LogP contribution in [0.2, 0.25) is 0 Å². The summed E-state index contributed by atoms with van der Waals surface area (Å²) in [5.74, 6) is 4.05. The van der Waals surface area contributed by atoms with Gasteiger partial charge in [-0.1, -0.05) is 24.3 Å². The van der Waals surface area contributed by atoms with Gasteiger partial charge in [0.25, 0.3) is 0 Å². The Labute approximate surface area is 177 Å². The van der Waals surface area contributed by atoms with Crippen LogP contribution in [0.3, 0.4) is 0 Å². The van der Waals surface area contributed by atoms with E-state index in [-0.39, 0.29) is 24.0 Å². The number of nitrogens with zero attached hydrogens (tertiary/aromatic N) is 1. The number of benzene rings is 2. The molecule has 2 aromatic rings. The molecule has 142 valence electrons. The Kier molecular flexibility index (Phi) is 11.0. The highest BCUT2D eigenvalue weighted by Crippen LogP contribution is 2.30. The first-order valence-corrected chi connectivity index (χ1v) is 9.49. The lowest BCUT2D eigenvalue weighted by Gasteiger charge is -2.12. The molecule has 0 heterocycles. The summed E-state index contributed by atoms with van der Waals surface area (Å²) >= 11 is 1.81. The third-order valence-electron chi connectivity index (χ3n) is 3.50. The van der Waals surface area contributed by atoms with Crippen molar-refractivity contribution in [3.05, 3.63) is 54.1 Å². The van der Waals surface area contributed by atoms with Gasteiger partial charge in [0, 0.05) is 25.9 Å². The molecule has 0 aliphatic heterocycles. The molecule has 0 saturated carbocycles. The predicted octanol–water partition coefficient (Wildman–Crippen LogP) is 4.13. The van der Waals surface area contributed by atoms with Gasteiger partial charge in [-0.05, 0) is 36.1 Å². The maximum absolute atomic E-state index is 5.88. The molecule has 0 saturated heterocycles. The van der Waals surface area contributed by atoms with Crippen LogP contribution >= 0.6 is 35.7 Å². The van der Waals surface area contributed by atoms with Gasteiger partial charge >= 0.3 is 0 Å². The van der Waals surface area contributed by atoms with Crippen LogP contribution in [0.15, 0.2) is 53.5 Å². The zero-order valence-electron chi connectivity index (χ0n) is 15.3. The number of aliphatic imine (C=N–C) groups is 1. The molecule has 7 heteroatoms. The van der Waals surface area contributed by atoms with E-state index in [4.69, 9.17) is 9.47 Å². The van der Waals surface area contributed by atoms with E-state index in [1.807, 2.05) is 48.5 Å². The minimum atomic E-state index is 0. The van der Waals surface area contributed by atoms with Crippen molar-refractivity contribution in [2.75, 3.05) is 32.7 Å². The Hall–Kier alpha value is -1.61. The largest absolute Gasteiger partial charge is 0.493 e. The van der Waals surface area contributed by atoms with E-state index in [9.17, 15) is 0 Å². The van der Waals surface area contributed by atoms with E-state index >= 15 is 0 Å². The Morgan fingerprint density at radius 1 is 1.04 bits per heavy atom. The van der Waals surface area contributed by atoms with Gasteiger partial charge in [0.15, 0.2) is 17.5 Å². The van der Waals surface area contributed by atoms with Crippen molar-refractivity contribution in [2.24, 2.45) is 4.99 Å². The Bertz CT molecular complexity index is 681. The van der Waals surface area contributed by atoms with E-state index in [0.29, 0.717) is 18.0 Å². The molecule has 0 atom stereocenters. The molecule has 2 aromatic carbocycles. The quantitative estimate of drug-likeness (QED) is 0.254. The summed E-state index contributed by atoms with van der Waals surface area (Å²) in [7, 11) is 3.41. The van der Waals surface area contributed by atoms with E-state index < -0.39 is 0 Å². The molecule has 0 aromatic heterocycles. The summed E-state index contributed by atoms with van der Waals surface area (Å²) in [6.07, 6.45) is 2.09. The van der Waals surface area contributed by atoms with Crippen LogP contribution in [0.5, 0.6) is 17.2 Å². The van der Waals surface area contributed by atoms with Gasteiger partial charge in [-0.15, -0.1) is 24.0 Å². The first-order chi connectivity index (χ1) is 12.3. The molecule has 0 aliphatic carbocycles. The fourth-order valence-electron chi connectivity index (χ4n) is 2.18. The minimum absolute atomic E-state index is 0. The standard InChI is InChI=1S/C19H25N3O2S.HI/c1-20-19(21-12-13-25-3)22-14-15-8-10-16(11-9-15)24-18-7-5-4-6-17(18)23-2;/h4-11H,12-14H2,1-3H3,(H2,20,21,22);1H. The van der Waals surface area contributed by atoms with Crippen LogP contribution in [0.25, 0.3) is 0 Å². The molecule has 5 nitrogen and oxygen atoms in total. The van der Waals surface area contributed by atoms with Crippen LogP contribution in [-0.2, 0) is 6.54 Å². The van der Waals surface area contributed by atoms with Gasteiger partial charge in [0.2, 0.25) is 0 Å². The molecule has 0 radical (unpaired) electrons. The van der Waals surface area contributed by atoms with E-state index in [1.165, 1.54) is 0 Å². The average molecular weight is 487 g/mol. The number of thioether (sulfide) groups is 1. The summed E-state index contributed by atoms with van der Waals surface area (Å²) in [5, 5.41) is 6.58. The monoisotopic (exact) mass is 487 g/mol. The molecule has 0 spiro atoms.